The molecule has 2 aromatic heterocycles. The number of nitrogens with zero attached hydrogens (tertiary/aromatic N) is 3. The predicted octanol–water partition coefficient (Wildman–Crippen LogP) is 2.88. The van der Waals surface area contributed by atoms with Gasteiger partial charge in [0.1, 0.15) is 5.82 Å². The quantitative estimate of drug-likeness (QED) is 0.888. The summed E-state index contributed by atoms with van der Waals surface area (Å²) in [5, 5.41) is 3.97. The fourth-order valence-electron chi connectivity index (χ4n) is 1.89. The first-order chi connectivity index (χ1) is 9.70. The summed E-state index contributed by atoms with van der Waals surface area (Å²) in [6.07, 6.45) is 3.51. The second-order valence-electron chi connectivity index (χ2n) is 4.59. The van der Waals surface area contributed by atoms with Gasteiger partial charge in [-0.2, -0.15) is 0 Å². The van der Waals surface area contributed by atoms with Crippen LogP contribution < -0.4 is 10.2 Å². The number of hydrogen-bond donors (Lipinski definition) is 1. The molecule has 1 N–H and O–H groups in total. The fraction of sp³-hybridized carbons (Fsp3) is 0.333. The minimum absolute atomic E-state index is 0.695. The van der Waals surface area contributed by atoms with Crippen LogP contribution in [0.4, 0.5) is 5.82 Å². The molecule has 106 valence electrons. The third kappa shape index (κ3) is 3.92. The van der Waals surface area contributed by atoms with Gasteiger partial charge in [0.2, 0.25) is 0 Å². The van der Waals surface area contributed by atoms with Gasteiger partial charge >= 0.3 is 0 Å². The second-order valence-corrected chi connectivity index (χ2v) is 5.00. The lowest BCUT2D eigenvalue weighted by Gasteiger charge is -2.19. The number of nitrogens with one attached hydrogen (secondary N) is 1. The average Bonchev–Trinajstić information content (AvgIpc) is 2.47. The molecule has 4 nitrogen and oxygen atoms in total. The van der Waals surface area contributed by atoms with Crippen LogP contribution in [-0.2, 0) is 13.1 Å². The molecule has 2 aromatic rings. The van der Waals surface area contributed by atoms with Crippen molar-refractivity contribution in [3.63, 3.8) is 0 Å². The summed E-state index contributed by atoms with van der Waals surface area (Å²) >= 11 is 6.16. The highest BCUT2D eigenvalue weighted by atomic mass is 35.5. The van der Waals surface area contributed by atoms with Gasteiger partial charge in [0, 0.05) is 26.0 Å². The van der Waals surface area contributed by atoms with Gasteiger partial charge < -0.3 is 10.2 Å². The van der Waals surface area contributed by atoms with Gasteiger partial charge in [-0.3, -0.25) is 4.98 Å². The van der Waals surface area contributed by atoms with E-state index in [-0.39, 0.29) is 0 Å². The predicted molar refractivity (Wildman–Crippen MR) is 83.0 cm³/mol. The minimum atomic E-state index is 0.695. The van der Waals surface area contributed by atoms with Crippen LogP contribution in [-0.4, -0.2) is 23.6 Å². The minimum Gasteiger partial charge on any atom is -0.354 e. The Hall–Kier alpha value is -1.65. The lowest BCUT2D eigenvalue weighted by atomic mass is 10.2. The zero-order chi connectivity index (χ0) is 14.4. The van der Waals surface area contributed by atoms with Crippen molar-refractivity contribution < 1.29 is 0 Å². The highest BCUT2D eigenvalue weighted by molar-refractivity contribution is 6.31. The Kier molecular flexibility index (Phi) is 5.32. The molecule has 0 unspecified atom stereocenters. The van der Waals surface area contributed by atoms with Crippen molar-refractivity contribution in [3.8, 4) is 0 Å². The maximum Gasteiger partial charge on any atom is 0.128 e. The molecule has 0 aliphatic heterocycles. The maximum atomic E-state index is 6.16. The molecule has 0 saturated heterocycles. The number of anilines is 1. The lowest BCUT2D eigenvalue weighted by molar-refractivity contribution is 0.725. The number of aromatic nitrogens is 2. The van der Waals surface area contributed by atoms with E-state index in [2.05, 4.69) is 27.1 Å². The van der Waals surface area contributed by atoms with Crippen molar-refractivity contribution >= 4 is 17.4 Å². The van der Waals surface area contributed by atoms with Crippen molar-refractivity contribution in [2.24, 2.45) is 0 Å². The molecule has 0 atom stereocenters. The molecule has 2 rings (SSSR count). The van der Waals surface area contributed by atoms with Crippen molar-refractivity contribution in [3.05, 3.63) is 52.9 Å². The average molecular weight is 291 g/mol. The topological polar surface area (TPSA) is 41.0 Å². The van der Waals surface area contributed by atoms with Gasteiger partial charge in [0.05, 0.1) is 17.3 Å². The Morgan fingerprint density at radius 1 is 1.30 bits per heavy atom. The Balaban J connectivity index is 2.11. The van der Waals surface area contributed by atoms with E-state index < -0.39 is 0 Å². The third-order valence-electron chi connectivity index (χ3n) is 3.00. The van der Waals surface area contributed by atoms with Crippen molar-refractivity contribution in [1.82, 2.24) is 15.3 Å². The van der Waals surface area contributed by atoms with E-state index in [0.29, 0.717) is 5.02 Å². The van der Waals surface area contributed by atoms with E-state index in [1.807, 2.05) is 31.3 Å². The molecule has 0 spiro atoms. The summed E-state index contributed by atoms with van der Waals surface area (Å²) in [6.45, 7) is 4.46. The molecule has 0 aliphatic carbocycles. The number of halogens is 1. The van der Waals surface area contributed by atoms with Crippen LogP contribution in [0.15, 0.2) is 36.7 Å². The van der Waals surface area contributed by atoms with E-state index in [1.54, 1.807) is 12.4 Å². The van der Waals surface area contributed by atoms with Crippen LogP contribution in [0, 0.1) is 0 Å². The Labute approximate surface area is 124 Å². The largest absolute Gasteiger partial charge is 0.354 e. The van der Waals surface area contributed by atoms with Crippen LogP contribution in [0.3, 0.4) is 0 Å². The molecular weight excluding hydrogens is 272 g/mol. The highest BCUT2D eigenvalue weighted by Crippen LogP contribution is 2.20. The van der Waals surface area contributed by atoms with E-state index in [0.717, 1.165) is 36.7 Å². The summed E-state index contributed by atoms with van der Waals surface area (Å²) in [7, 11) is 2.00. The molecular formula is C15H19ClN4. The molecule has 0 saturated carbocycles. The smallest absolute Gasteiger partial charge is 0.128 e. The zero-order valence-electron chi connectivity index (χ0n) is 11.8. The van der Waals surface area contributed by atoms with Crippen LogP contribution in [0.25, 0.3) is 0 Å². The number of hydrogen-bond acceptors (Lipinski definition) is 4. The van der Waals surface area contributed by atoms with Gasteiger partial charge in [-0.15, -0.1) is 0 Å². The highest BCUT2D eigenvalue weighted by Gasteiger charge is 2.08. The van der Waals surface area contributed by atoms with Gasteiger partial charge in [-0.1, -0.05) is 24.6 Å². The third-order valence-corrected chi connectivity index (χ3v) is 3.34. The first kappa shape index (κ1) is 14.8. The lowest BCUT2D eigenvalue weighted by Crippen LogP contribution is -2.19. The fourth-order valence-corrected chi connectivity index (χ4v) is 2.06. The molecule has 0 aliphatic rings. The van der Waals surface area contributed by atoms with Crippen molar-refractivity contribution in [2.75, 3.05) is 18.5 Å². The van der Waals surface area contributed by atoms with Crippen LogP contribution >= 0.6 is 11.6 Å². The van der Waals surface area contributed by atoms with E-state index in [9.17, 15) is 0 Å². The number of rotatable bonds is 6. The molecule has 0 aromatic carbocycles. The van der Waals surface area contributed by atoms with Crippen LogP contribution in [0.2, 0.25) is 5.02 Å². The standard InChI is InChI=1S/C15H19ClN4/c1-3-17-9-12-8-15(19-10-14(12)16)20(2)11-13-6-4-5-7-18-13/h4-8,10,17H,3,9,11H2,1-2H3. The van der Waals surface area contributed by atoms with Crippen LogP contribution in [0.1, 0.15) is 18.2 Å². The Morgan fingerprint density at radius 3 is 2.85 bits per heavy atom. The van der Waals surface area contributed by atoms with E-state index in [1.165, 1.54) is 0 Å². The van der Waals surface area contributed by atoms with Gasteiger partial charge in [0.15, 0.2) is 0 Å². The molecule has 5 heteroatoms. The molecule has 20 heavy (non-hydrogen) atoms. The van der Waals surface area contributed by atoms with Gasteiger partial charge in [-0.05, 0) is 30.3 Å². The van der Waals surface area contributed by atoms with Crippen molar-refractivity contribution in [1.29, 1.82) is 0 Å². The van der Waals surface area contributed by atoms with Gasteiger partial charge in [-0.25, -0.2) is 4.98 Å². The monoisotopic (exact) mass is 290 g/mol. The molecule has 0 bridgehead atoms. The Morgan fingerprint density at radius 2 is 2.15 bits per heavy atom. The summed E-state index contributed by atoms with van der Waals surface area (Å²) in [6, 6.07) is 7.93. The maximum absolute atomic E-state index is 6.16. The van der Waals surface area contributed by atoms with Crippen LogP contribution in [0.5, 0.6) is 0 Å². The SMILES string of the molecule is CCNCc1cc(N(C)Cc2ccccn2)ncc1Cl. The normalized spacial score (nSPS) is 10.6. The zero-order valence-corrected chi connectivity index (χ0v) is 12.6. The van der Waals surface area contributed by atoms with Gasteiger partial charge in [0.25, 0.3) is 0 Å². The second kappa shape index (κ2) is 7.22. The van der Waals surface area contributed by atoms with E-state index in [4.69, 9.17) is 11.6 Å². The number of pyridine rings is 2. The molecule has 2 heterocycles. The Bertz CT molecular complexity index is 545. The van der Waals surface area contributed by atoms with Crippen molar-refractivity contribution in [2.45, 2.75) is 20.0 Å². The molecule has 0 amide bonds. The molecule has 0 fully saturated rings. The summed E-state index contributed by atoms with van der Waals surface area (Å²) in [5.41, 5.74) is 2.08. The first-order valence-corrected chi connectivity index (χ1v) is 7.04. The summed E-state index contributed by atoms with van der Waals surface area (Å²) in [4.78, 5) is 10.8. The van der Waals surface area contributed by atoms with E-state index >= 15 is 0 Å². The summed E-state index contributed by atoms with van der Waals surface area (Å²) in [5.74, 6) is 0.896. The summed E-state index contributed by atoms with van der Waals surface area (Å²) < 4.78 is 0. The first-order valence-electron chi connectivity index (χ1n) is 6.67. The molecule has 0 radical (unpaired) electrons.